The van der Waals surface area contributed by atoms with Gasteiger partial charge in [0.2, 0.25) is 0 Å². The molecular weight excluding hydrogens is 212 g/mol. The SMILES string of the molecule is CCCC(C)C(C)(C(=O)O)C(=O)O.[CaH2]. The number of aliphatic carboxylic acids is 2. The van der Waals surface area contributed by atoms with Crippen LogP contribution in [0.3, 0.4) is 0 Å². The Balaban J connectivity index is 0. The Kier molecular flexibility index (Phi) is 7.89. The summed E-state index contributed by atoms with van der Waals surface area (Å²) in [6, 6.07) is 0. The molecule has 0 spiro atoms. The third-order valence-corrected chi connectivity index (χ3v) is 2.60. The van der Waals surface area contributed by atoms with Gasteiger partial charge in [-0.1, -0.05) is 20.3 Å². The Labute approximate surface area is 114 Å². The fourth-order valence-electron chi connectivity index (χ4n) is 1.23. The molecule has 0 aliphatic carbocycles. The minimum atomic E-state index is -1.66. The van der Waals surface area contributed by atoms with Gasteiger partial charge in [0, 0.05) is 0 Å². The van der Waals surface area contributed by atoms with Crippen molar-refractivity contribution in [3.8, 4) is 0 Å². The Morgan fingerprint density at radius 2 is 1.64 bits per heavy atom. The third-order valence-electron chi connectivity index (χ3n) is 2.60. The van der Waals surface area contributed by atoms with E-state index >= 15 is 0 Å². The Morgan fingerprint density at radius 3 is 1.86 bits per heavy atom. The van der Waals surface area contributed by atoms with Crippen LogP contribution in [0.2, 0.25) is 0 Å². The molecule has 0 rings (SSSR count). The van der Waals surface area contributed by atoms with E-state index in [2.05, 4.69) is 0 Å². The van der Waals surface area contributed by atoms with E-state index in [0.29, 0.717) is 6.42 Å². The van der Waals surface area contributed by atoms with Crippen LogP contribution in [0.25, 0.3) is 0 Å². The van der Waals surface area contributed by atoms with Gasteiger partial charge in [-0.05, 0) is 19.3 Å². The Hall–Kier alpha value is 0.200. The van der Waals surface area contributed by atoms with Gasteiger partial charge < -0.3 is 10.2 Å². The summed E-state index contributed by atoms with van der Waals surface area (Å²) in [6.07, 6.45) is 1.40. The zero-order valence-corrected chi connectivity index (χ0v) is 8.20. The predicted molar refractivity (Wildman–Crippen MR) is 56.0 cm³/mol. The molecule has 0 bridgehead atoms. The molecule has 0 aromatic carbocycles. The number of rotatable bonds is 5. The summed E-state index contributed by atoms with van der Waals surface area (Å²) >= 11 is 0. The van der Waals surface area contributed by atoms with Crippen LogP contribution in [-0.4, -0.2) is 59.9 Å². The number of carboxylic acids is 2. The van der Waals surface area contributed by atoms with E-state index in [1.165, 1.54) is 6.92 Å². The Bertz CT molecular complexity index is 201. The summed E-state index contributed by atoms with van der Waals surface area (Å²) in [5.41, 5.74) is -1.66. The molecule has 0 saturated carbocycles. The van der Waals surface area contributed by atoms with Crippen molar-refractivity contribution < 1.29 is 19.8 Å². The number of carboxylic acid groups (broad SMARTS) is 2. The second kappa shape index (κ2) is 6.64. The summed E-state index contributed by atoms with van der Waals surface area (Å²) in [7, 11) is 0. The van der Waals surface area contributed by atoms with Crippen LogP contribution in [-0.2, 0) is 9.59 Å². The number of hydrogen-bond acceptors (Lipinski definition) is 2. The van der Waals surface area contributed by atoms with Crippen molar-refractivity contribution in [2.75, 3.05) is 0 Å². The van der Waals surface area contributed by atoms with Crippen molar-refractivity contribution in [2.45, 2.75) is 33.6 Å². The quantitative estimate of drug-likeness (QED) is 0.538. The molecule has 0 heterocycles. The first-order chi connectivity index (χ1) is 5.87. The van der Waals surface area contributed by atoms with Crippen LogP contribution < -0.4 is 0 Å². The first-order valence-electron chi connectivity index (χ1n) is 4.34. The molecule has 0 amide bonds. The van der Waals surface area contributed by atoms with Crippen molar-refractivity contribution >= 4 is 49.7 Å². The van der Waals surface area contributed by atoms with Crippen LogP contribution in [0.5, 0.6) is 0 Å². The van der Waals surface area contributed by atoms with Gasteiger partial charge in [-0.25, -0.2) is 0 Å². The molecule has 0 aromatic rings. The van der Waals surface area contributed by atoms with E-state index in [-0.39, 0.29) is 43.7 Å². The van der Waals surface area contributed by atoms with E-state index in [1.54, 1.807) is 6.92 Å². The molecule has 0 saturated heterocycles. The first-order valence-corrected chi connectivity index (χ1v) is 4.34. The summed E-state index contributed by atoms with van der Waals surface area (Å²) < 4.78 is 0. The van der Waals surface area contributed by atoms with Gasteiger partial charge >= 0.3 is 49.7 Å². The molecule has 1 atom stereocenters. The fraction of sp³-hybridized carbons (Fsp3) is 0.778. The zero-order valence-electron chi connectivity index (χ0n) is 8.20. The fourth-order valence-corrected chi connectivity index (χ4v) is 1.23. The molecule has 0 aliphatic heterocycles. The van der Waals surface area contributed by atoms with Gasteiger partial charge in [-0.15, -0.1) is 0 Å². The maximum absolute atomic E-state index is 10.8. The summed E-state index contributed by atoms with van der Waals surface area (Å²) in [4.78, 5) is 21.6. The normalized spacial score (nSPS) is 12.8. The van der Waals surface area contributed by atoms with Crippen LogP contribution >= 0.6 is 0 Å². The minimum absolute atomic E-state index is 0. The van der Waals surface area contributed by atoms with Crippen LogP contribution in [0.1, 0.15) is 33.6 Å². The van der Waals surface area contributed by atoms with Crippen molar-refractivity contribution in [1.29, 1.82) is 0 Å². The third kappa shape index (κ3) is 3.40. The average Bonchev–Trinajstić information content (AvgIpc) is 2.02. The Morgan fingerprint density at radius 1 is 1.29 bits per heavy atom. The van der Waals surface area contributed by atoms with Crippen LogP contribution in [0.15, 0.2) is 0 Å². The average molecular weight is 230 g/mol. The van der Waals surface area contributed by atoms with Crippen molar-refractivity contribution in [2.24, 2.45) is 11.3 Å². The molecule has 0 aliphatic rings. The molecule has 2 N–H and O–H groups in total. The molecule has 0 aromatic heterocycles. The van der Waals surface area contributed by atoms with E-state index in [0.717, 1.165) is 6.42 Å². The second-order valence-electron chi connectivity index (χ2n) is 3.50. The molecule has 4 nitrogen and oxygen atoms in total. The molecule has 14 heavy (non-hydrogen) atoms. The van der Waals surface area contributed by atoms with Gasteiger partial charge in [0.25, 0.3) is 0 Å². The van der Waals surface area contributed by atoms with E-state index in [1.807, 2.05) is 6.92 Å². The van der Waals surface area contributed by atoms with Crippen molar-refractivity contribution in [3.63, 3.8) is 0 Å². The van der Waals surface area contributed by atoms with Gasteiger partial charge in [0.15, 0.2) is 5.41 Å². The van der Waals surface area contributed by atoms with Crippen molar-refractivity contribution in [1.82, 2.24) is 0 Å². The summed E-state index contributed by atoms with van der Waals surface area (Å²) in [5, 5.41) is 17.6. The standard InChI is InChI=1S/C9H16O4.Ca.2H/c1-4-5-6(2)9(3,7(10)11)8(12)13;;;/h6H,4-5H2,1-3H3,(H,10,11)(H,12,13);;;. The van der Waals surface area contributed by atoms with Crippen LogP contribution in [0, 0.1) is 11.3 Å². The molecule has 0 radical (unpaired) electrons. The van der Waals surface area contributed by atoms with E-state index < -0.39 is 17.4 Å². The first kappa shape index (κ1) is 16.6. The van der Waals surface area contributed by atoms with E-state index in [9.17, 15) is 9.59 Å². The van der Waals surface area contributed by atoms with Crippen molar-refractivity contribution in [3.05, 3.63) is 0 Å². The van der Waals surface area contributed by atoms with Gasteiger partial charge in [0.05, 0.1) is 0 Å². The van der Waals surface area contributed by atoms with Crippen LogP contribution in [0.4, 0.5) is 0 Å². The zero-order chi connectivity index (χ0) is 10.6. The molecule has 1 unspecified atom stereocenters. The predicted octanol–water partition coefficient (Wildman–Crippen LogP) is 0.682. The molecule has 0 fully saturated rings. The second-order valence-corrected chi connectivity index (χ2v) is 3.50. The molecule has 80 valence electrons. The van der Waals surface area contributed by atoms with Gasteiger partial charge in [-0.2, -0.15) is 0 Å². The topological polar surface area (TPSA) is 74.6 Å². The summed E-state index contributed by atoms with van der Waals surface area (Å²) in [6.45, 7) is 4.82. The molecule has 5 heteroatoms. The van der Waals surface area contributed by atoms with E-state index in [4.69, 9.17) is 10.2 Å². The molecular formula is C9H18CaO4. The summed E-state index contributed by atoms with van der Waals surface area (Å²) in [5.74, 6) is -2.88. The number of hydrogen-bond donors (Lipinski definition) is 2. The maximum atomic E-state index is 10.8. The van der Waals surface area contributed by atoms with Gasteiger partial charge in [-0.3, -0.25) is 9.59 Å². The monoisotopic (exact) mass is 230 g/mol. The number of carbonyl (C=O) groups is 2. The van der Waals surface area contributed by atoms with Gasteiger partial charge in [0.1, 0.15) is 0 Å².